The number of hydrogen-bond donors (Lipinski definition) is 1. The maximum atomic E-state index is 12.1. The van der Waals surface area contributed by atoms with Crippen LogP contribution in [0.2, 0.25) is 0 Å². The Morgan fingerprint density at radius 2 is 1.83 bits per heavy atom. The SMILES string of the molecule is C/C(=N\NC(=O)CCN1CCN(c2ccccc2)CC1)c1cccc([N+](=O)[O-])c1. The molecule has 0 spiro atoms. The number of anilines is 1. The van der Waals surface area contributed by atoms with Gasteiger partial charge in [-0.05, 0) is 19.1 Å². The highest BCUT2D eigenvalue weighted by Gasteiger charge is 2.17. The number of nitrogens with one attached hydrogen (secondary N) is 1. The summed E-state index contributed by atoms with van der Waals surface area (Å²) in [7, 11) is 0. The maximum absolute atomic E-state index is 12.1. The summed E-state index contributed by atoms with van der Waals surface area (Å²) in [5, 5.41) is 14.9. The zero-order valence-corrected chi connectivity index (χ0v) is 16.5. The number of nitro groups is 1. The van der Waals surface area contributed by atoms with Crippen LogP contribution < -0.4 is 10.3 Å². The van der Waals surface area contributed by atoms with E-state index in [9.17, 15) is 14.9 Å². The second kappa shape index (κ2) is 9.79. The summed E-state index contributed by atoms with van der Waals surface area (Å²) in [4.78, 5) is 27.2. The zero-order valence-electron chi connectivity index (χ0n) is 16.5. The van der Waals surface area contributed by atoms with Crippen LogP contribution in [0.1, 0.15) is 18.9 Å². The lowest BCUT2D eigenvalue weighted by Gasteiger charge is -2.36. The second-order valence-corrected chi connectivity index (χ2v) is 6.95. The molecule has 1 fully saturated rings. The molecule has 2 aromatic carbocycles. The Labute approximate surface area is 170 Å². The van der Waals surface area contributed by atoms with Gasteiger partial charge >= 0.3 is 0 Å². The number of benzene rings is 2. The summed E-state index contributed by atoms with van der Waals surface area (Å²) >= 11 is 0. The fourth-order valence-electron chi connectivity index (χ4n) is 3.24. The Morgan fingerprint density at radius 1 is 1.10 bits per heavy atom. The van der Waals surface area contributed by atoms with Crippen LogP contribution in [0.15, 0.2) is 59.7 Å². The minimum Gasteiger partial charge on any atom is -0.369 e. The Hall–Kier alpha value is -3.26. The van der Waals surface area contributed by atoms with Crippen molar-refractivity contribution in [3.63, 3.8) is 0 Å². The normalized spacial score (nSPS) is 15.2. The first-order valence-corrected chi connectivity index (χ1v) is 9.63. The van der Waals surface area contributed by atoms with Gasteiger partial charge in [-0.2, -0.15) is 5.10 Å². The number of hydrazone groups is 1. The average molecular weight is 395 g/mol. The van der Waals surface area contributed by atoms with Gasteiger partial charge in [-0.1, -0.05) is 30.3 Å². The van der Waals surface area contributed by atoms with Crippen LogP contribution in [0.5, 0.6) is 0 Å². The van der Waals surface area contributed by atoms with Gasteiger partial charge in [0.2, 0.25) is 5.91 Å². The van der Waals surface area contributed by atoms with Crippen molar-refractivity contribution < 1.29 is 9.72 Å². The van der Waals surface area contributed by atoms with Crippen molar-refractivity contribution in [3.05, 3.63) is 70.3 Å². The van der Waals surface area contributed by atoms with Crippen molar-refractivity contribution in [2.75, 3.05) is 37.6 Å². The van der Waals surface area contributed by atoms with Crippen molar-refractivity contribution in [3.8, 4) is 0 Å². The molecule has 1 aliphatic heterocycles. The summed E-state index contributed by atoms with van der Waals surface area (Å²) < 4.78 is 0. The standard InChI is InChI=1S/C21H25N5O3/c1-17(18-6-5-9-20(16-18)26(28)29)22-23-21(27)10-11-24-12-14-25(15-13-24)19-7-3-2-4-8-19/h2-9,16H,10-15H2,1H3,(H,23,27)/b22-17+. The molecule has 0 aliphatic carbocycles. The van der Waals surface area contributed by atoms with Gasteiger partial charge in [-0.15, -0.1) is 0 Å². The van der Waals surface area contributed by atoms with E-state index >= 15 is 0 Å². The van der Waals surface area contributed by atoms with Crippen molar-refractivity contribution in [2.24, 2.45) is 5.10 Å². The number of carbonyl (C=O) groups excluding carboxylic acids is 1. The Balaban J connectivity index is 1.43. The molecule has 3 rings (SSSR count). The molecular formula is C21H25N5O3. The molecule has 2 aromatic rings. The van der Waals surface area contributed by atoms with Gasteiger partial charge in [0.05, 0.1) is 10.6 Å². The van der Waals surface area contributed by atoms with E-state index in [0.29, 0.717) is 24.2 Å². The summed E-state index contributed by atoms with van der Waals surface area (Å²) in [6.45, 7) is 6.10. The predicted molar refractivity (Wildman–Crippen MR) is 113 cm³/mol. The monoisotopic (exact) mass is 395 g/mol. The first-order valence-electron chi connectivity index (χ1n) is 9.63. The fraction of sp³-hybridized carbons (Fsp3) is 0.333. The van der Waals surface area contributed by atoms with Gasteiger partial charge in [0.1, 0.15) is 0 Å². The molecule has 1 heterocycles. The maximum Gasteiger partial charge on any atom is 0.270 e. The molecule has 0 unspecified atom stereocenters. The molecule has 0 bridgehead atoms. The van der Waals surface area contributed by atoms with Crippen LogP contribution in [0, 0.1) is 10.1 Å². The van der Waals surface area contributed by atoms with Gasteiger partial charge in [0.15, 0.2) is 0 Å². The Kier molecular flexibility index (Phi) is 6.91. The highest BCUT2D eigenvalue weighted by atomic mass is 16.6. The third kappa shape index (κ3) is 5.86. The van der Waals surface area contributed by atoms with E-state index in [-0.39, 0.29) is 11.6 Å². The first-order chi connectivity index (χ1) is 14.0. The van der Waals surface area contributed by atoms with Crippen LogP contribution in [-0.4, -0.2) is 54.2 Å². The highest BCUT2D eigenvalue weighted by molar-refractivity contribution is 5.99. The number of rotatable bonds is 7. The van der Waals surface area contributed by atoms with Crippen molar-refractivity contribution in [2.45, 2.75) is 13.3 Å². The lowest BCUT2D eigenvalue weighted by atomic mass is 10.1. The largest absolute Gasteiger partial charge is 0.369 e. The van der Waals surface area contributed by atoms with Gasteiger partial charge in [0.25, 0.3) is 5.69 Å². The summed E-state index contributed by atoms with van der Waals surface area (Å²) in [6, 6.07) is 16.5. The lowest BCUT2D eigenvalue weighted by Crippen LogP contribution is -2.47. The first kappa shape index (κ1) is 20.5. The number of amides is 1. The summed E-state index contributed by atoms with van der Waals surface area (Å²) in [5.41, 5.74) is 4.91. The van der Waals surface area contributed by atoms with Gasteiger partial charge in [-0.3, -0.25) is 19.8 Å². The van der Waals surface area contributed by atoms with E-state index in [1.165, 1.54) is 17.8 Å². The minimum absolute atomic E-state index is 0.00183. The van der Waals surface area contributed by atoms with Crippen LogP contribution >= 0.6 is 0 Å². The average Bonchev–Trinajstić information content (AvgIpc) is 2.77. The molecule has 152 valence electrons. The molecule has 8 nitrogen and oxygen atoms in total. The van der Waals surface area contributed by atoms with Gasteiger partial charge in [0, 0.05) is 62.5 Å². The van der Waals surface area contributed by atoms with Crippen molar-refractivity contribution >= 4 is 23.0 Å². The van der Waals surface area contributed by atoms with E-state index in [2.05, 4.69) is 32.5 Å². The smallest absolute Gasteiger partial charge is 0.270 e. The molecule has 1 aliphatic rings. The number of hydrogen-bond acceptors (Lipinski definition) is 6. The third-order valence-corrected chi connectivity index (χ3v) is 4.97. The molecule has 1 N–H and O–H groups in total. The molecular weight excluding hydrogens is 370 g/mol. The zero-order chi connectivity index (χ0) is 20.6. The second-order valence-electron chi connectivity index (χ2n) is 6.95. The fourth-order valence-corrected chi connectivity index (χ4v) is 3.24. The number of piperazine rings is 1. The number of nitro benzene ring substituents is 1. The van der Waals surface area contributed by atoms with Crippen molar-refractivity contribution in [1.82, 2.24) is 10.3 Å². The molecule has 0 aromatic heterocycles. The number of carbonyl (C=O) groups is 1. The number of para-hydroxylation sites is 1. The quantitative estimate of drug-likeness (QED) is 0.442. The molecule has 1 saturated heterocycles. The van der Waals surface area contributed by atoms with E-state index in [0.717, 1.165) is 26.2 Å². The predicted octanol–water partition coefficient (Wildman–Crippen LogP) is 2.65. The van der Waals surface area contributed by atoms with Gasteiger partial charge < -0.3 is 4.90 Å². The highest BCUT2D eigenvalue weighted by Crippen LogP contribution is 2.16. The Morgan fingerprint density at radius 3 is 2.52 bits per heavy atom. The molecule has 0 atom stereocenters. The topological polar surface area (TPSA) is 91.1 Å². The minimum atomic E-state index is -0.451. The third-order valence-electron chi connectivity index (χ3n) is 4.97. The van der Waals surface area contributed by atoms with E-state index < -0.39 is 4.92 Å². The molecule has 0 radical (unpaired) electrons. The summed E-state index contributed by atoms with van der Waals surface area (Å²) in [5.74, 6) is -0.166. The Bertz CT molecular complexity index is 877. The van der Waals surface area contributed by atoms with E-state index in [1.54, 1.807) is 19.1 Å². The van der Waals surface area contributed by atoms with E-state index in [1.807, 2.05) is 18.2 Å². The van der Waals surface area contributed by atoms with Crippen LogP contribution in [-0.2, 0) is 4.79 Å². The summed E-state index contributed by atoms with van der Waals surface area (Å²) in [6.07, 6.45) is 0.358. The van der Waals surface area contributed by atoms with Crippen LogP contribution in [0.3, 0.4) is 0 Å². The molecule has 29 heavy (non-hydrogen) atoms. The van der Waals surface area contributed by atoms with Gasteiger partial charge in [-0.25, -0.2) is 5.43 Å². The number of non-ortho nitro benzene ring substituents is 1. The van der Waals surface area contributed by atoms with Crippen LogP contribution in [0.4, 0.5) is 11.4 Å². The van der Waals surface area contributed by atoms with E-state index in [4.69, 9.17) is 0 Å². The van der Waals surface area contributed by atoms with Crippen molar-refractivity contribution in [1.29, 1.82) is 0 Å². The number of nitrogens with zero attached hydrogens (tertiary/aromatic N) is 4. The molecule has 0 saturated carbocycles. The lowest BCUT2D eigenvalue weighted by molar-refractivity contribution is -0.384. The molecule has 1 amide bonds. The van der Waals surface area contributed by atoms with Crippen LogP contribution in [0.25, 0.3) is 0 Å². The molecule has 8 heteroatoms.